The van der Waals surface area contributed by atoms with Crippen molar-refractivity contribution in [3.63, 3.8) is 0 Å². The van der Waals surface area contributed by atoms with E-state index in [2.05, 4.69) is 4.98 Å². The van der Waals surface area contributed by atoms with E-state index in [0.29, 0.717) is 41.2 Å². The number of carbonyl (C=O) groups is 1. The topological polar surface area (TPSA) is 89.0 Å². The van der Waals surface area contributed by atoms with Gasteiger partial charge in [-0.1, -0.05) is 22.9 Å². The third-order valence-electron chi connectivity index (χ3n) is 5.14. The maximum absolute atomic E-state index is 13.5. The van der Waals surface area contributed by atoms with Crippen molar-refractivity contribution in [1.29, 1.82) is 0 Å². The van der Waals surface area contributed by atoms with E-state index in [1.807, 2.05) is 13.0 Å². The Balaban J connectivity index is 1.73. The predicted molar refractivity (Wildman–Crippen MR) is 125 cm³/mol. The number of carbonyl (C=O) groups excluding carboxylic acids is 1. The van der Waals surface area contributed by atoms with E-state index >= 15 is 0 Å². The van der Waals surface area contributed by atoms with Crippen molar-refractivity contribution >= 4 is 54.2 Å². The van der Waals surface area contributed by atoms with Crippen LogP contribution in [0.2, 0.25) is 5.02 Å². The molecule has 2 heterocycles. The van der Waals surface area contributed by atoms with Crippen LogP contribution in [0.15, 0.2) is 41.3 Å². The number of hydrogen-bond donors (Lipinski definition) is 0. The van der Waals surface area contributed by atoms with Crippen LogP contribution in [0.5, 0.6) is 5.75 Å². The van der Waals surface area contributed by atoms with Crippen LogP contribution in [-0.4, -0.2) is 63.6 Å². The van der Waals surface area contributed by atoms with Crippen molar-refractivity contribution in [1.82, 2.24) is 9.29 Å². The predicted octanol–water partition coefficient (Wildman–Crippen LogP) is 3.65. The molecule has 3 aromatic rings. The number of hydrogen-bond acceptors (Lipinski definition) is 7. The summed E-state index contributed by atoms with van der Waals surface area (Å²) in [5.41, 5.74) is 0.848. The highest BCUT2D eigenvalue weighted by Crippen LogP contribution is 2.33. The number of benzene rings is 2. The van der Waals surface area contributed by atoms with Crippen molar-refractivity contribution in [2.24, 2.45) is 0 Å². The van der Waals surface area contributed by atoms with Crippen LogP contribution in [0, 0.1) is 0 Å². The lowest BCUT2D eigenvalue weighted by Crippen LogP contribution is -2.40. The maximum Gasteiger partial charge on any atom is 0.263 e. The Labute approximate surface area is 195 Å². The number of thiazole rings is 1. The zero-order valence-corrected chi connectivity index (χ0v) is 20.0. The number of ether oxygens (including phenoxy) is 2. The Morgan fingerprint density at radius 1 is 1.25 bits per heavy atom. The molecule has 2 aromatic carbocycles. The van der Waals surface area contributed by atoms with Gasteiger partial charge in [0.15, 0.2) is 5.13 Å². The fourth-order valence-electron chi connectivity index (χ4n) is 3.47. The molecule has 11 heteroatoms. The summed E-state index contributed by atoms with van der Waals surface area (Å²) in [6.07, 6.45) is 0. The number of halogens is 1. The van der Waals surface area contributed by atoms with Crippen LogP contribution < -0.4 is 9.64 Å². The Kier molecular flexibility index (Phi) is 6.68. The average Bonchev–Trinajstić information content (AvgIpc) is 3.22. The van der Waals surface area contributed by atoms with Crippen molar-refractivity contribution in [3.05, 3.63) is 47.0 Å². The molecule has 1 aliphatic heterocycles. The van der Waals surface area contributed by atoms with Gasteiger partial charge in [-0.3, -0.25) is 9.69 Å². The molecule has 0 unspecified atom stereocenters. The Hall–Kier alpha value is -2.24. The highest BCUT2D eigenvalue weighted by atomic mass is 35.5. The SMILES string of the molecule is CCN(C(=O)c1cc(S(=O)(=O)N2CCOCC2)ccc1OC)c1nc2cc(Cl)ccc2s1. The van der Waals surface area contributed by atoms with Crippen LogP contribution in [0.1, 0.15) is 17.3 Å². The molecule has 1 aliphatic rings. The van der Waals surface area contributed by atoms with Gasteiger partial charge in [0, 0.05) is 24.7 Å². The molecule has 4 rings (SSSR count). The zero-order chi connectivity index (χ0) is 22.9. The van der Waals surface area contributed by atoms with Crippen molar-refractivity contribution in [2.45, 2.75) is 11.8 Å². The number of sulfonamides is 1. The molecule has 1 amide bonds. The number of anilines is 1. The minimum Gasteiger partial charge on any atom is -0.496 e. The smallest absolute Gasteiger partial charge is 0.263 e. The maximum atomic E-state index is 13.5. The second-order valence-electron chi connectivity index (χ2n) is 7.04. The van der Waals surface area contributed by atoms with Gasteiger partial charge in [0.2, 0.25) is 10.0 Å². The summed E-state index contributed by atoms with van der Waals surface area (Å²) in [5.74, 6) is -0.105. The minimum atomic E-state index is -3.77. The lowest BCUT2D eigenvalue weighted by atomic mass is 10.1. The molecular weight excluding hydrogens is 474 g/mol. The first kappa shape index (κ1) is 22.9. The van der Waals surface area contributed by atoms with Gasteiger partial charge in [0.05, 0.1) is 41.0 Å². The van der Waals surface area contributed by atoms with Crippen LogP contribution in [0.3, 0.4) is 0 Å². The average molecular weight is 496 g/mol. The Morgan fingerprint density at radius 2 is 2.00 bits per heavy atom. The standard InChI is InChI=1S/C21H22ClN3O5S2/c1-3-25(21-23-17-12-14(22)4-7-19(17)31-21)20(26)16-13-15(5-6-18(16)29-2)32(27,28)24-8-10-30-11-9-24/h4-7,12-13H,3,8-11H2,1-2H3. The third kappa shape index (κ3) is 4.33. The van der Waals surface area contributed by atoms with Gasteiger partial charge in [-0.15, -0.1) is 0 Å². The Morgan fingerprint density at radius 3 is 2.69 bits per heavy atom. The van der Waals surface area contributed by atoms with E-state index in [0.717, 1.165) is 4.70 Å². The minimum absolute atomic E-state index is 0.0377. The van der Waals surface area contributed by atoms with E-state index in [9.17, 15) is 13.2 Å². The molecule has 0 bridgehead atoms. The molecule has 0 aliphatic carbocycles. The number of fused-ring (bicyclic) bond motifs is 1. The lowest BCUT2D eigenvalue weighted by Gasteiger charge is -2.26. The summed E-state index contributed by atoms with van der Waals surface area (Å²) >= 11 is 7.42. The largest absolute Gasteiger partial charge is 0.496 e. The first-order valence-electron chi connectivity index (χ1n) is 9.99. The molecule has 8 nitrogen and oxygen atoms in total. The van der Waals surface area contributed by atoms with E-state index in [-0.39, 0.29) is 23.5 Å². The number of aromatic nitrogens is 1. The van der Waals surface area contributed by atoms with Gasteiger partial charge in [-0.25, -0.2) is 13.4 Å². The van der Waals surface area contributed by atoms with Gasteiger partial charge < -0.3 is 9.47 Å². The van der Waals surface area contributed by atoms with Crippen LogP contribution in [0.4, 0.5) is 5.13 Å². The first-order chi connectivity index (χ1) is 15.3. The van der Waals surface area contributed by atoms with Crippen LogP contribution >= 0.6 is 22.9 Å². The summed E-state index contributed by atoms with van der Waals surface area (Å²) < 4.78 is 39.1. The van der Waals surface area contributed by atoms with Crippen LogP contribution in [0.25, 0.3) is 10.2 Å². The highest BCUT2D eigenvalue weighted by molar-refractivity contribution is 7.89. The van der Waals surface area contributed by atoms with E-state index in [1.165, 1.54) is 45.9 Å². The number of rotatable bonds is 6. The molecule has 170 valence electrons. The number of nitrogens with zero attached hydrogens (tertiary/aromatic N) is 3. The molecule has 1 fully saturated rings. The van der Waals surface area contributed by atoms with Gasteiger partial charge in [0.1, 0.15) is 5.75 Å². The summed E-state index contributed by atoms with van der Waals surface area (Å²) in [7, 11) is -2.32. The zero-order valence-electron chi connectivity index (χ0n) is 17.6. The molecule has 0 spiro atoms. The number of methoxy groups -OCH3 is 1. The molecule has 1 saturated heterocycles. The third-order valence-corrected chi connectivity index (χ3v) is 8.33. The lowest BCUT2D eigenvalue weighted by molar-refractivity contribution is 0.0730. The quantitative estimate of drug-likeness (QED) is 0.518. The van der Waals surface area contributed by atoms with Gasteiger partial charge in [-0.2, -0.15) is 4.31 Å². The van der Waals surface area contributed by atoms with Gasteiger partial charge in [0.25, 0.3) is 5.91 Å². The fourth-order valence-corrected chi connectivity index (χ4v) is 6.07. The number of amides is 1. The molecule has 0 saturated carbocycles. The molecule has 0 N–H and O–H groups in total. The first-order valence-corrected chi connectivity index (χ1v) is 12.6. The van der Waals surface area contributed by atoms with Crippen molar-refractivity contribution in [3.8, 4) is 5.75 Å². The molecule has 32 heavy (non-hydrogen) atoms. The van der Waals surface area contributed by atoms with Crippen LogP contribution in [-0.2, 0) is 14.8 Å². The molecule has 0 radical (unpaired) electrons. The Bertz CT molecular complexity index is 1260. The summed E-state index contributed by atoms with van der Waals surface area (Å²) in [6, 6.07) is 9.70. The van der Waals surface area contributed by atoms with Crippen molar-refractivity contribution < 1.29 is 22.7 Å². The summed E-state index contributed by atoms with van der Waals surface area (Å²) in [4.78, 5) is 19.6. The molecular formula is C21H22ClN3O5S2. The summed E-state index contributed by atoms with van der Waals surface area (Å²) in [5, 5.41) is 1.06. The fraction of sp³-hybridized carbons (Fsp3) is 0.333. The summed E-state index contributed by atoms with van der Waals surface area (Å²) in [6.45, 7) is 3.40. The van der Waals surface area contributed by atoms with Crippen molar-refractivity contribution in [2.75, 3.05) is 44.9 Å². The highest BCUT2D eigenvalue weighted by Gasteiger charge is 2.29. The monoisotopic (exact) mass is 495 g/mol. The van der Waals surface area contributed by atoms with Gasteiger partial charge >= 0.3 is 0 Å². The number of morpholine rings is 1. The second-order valence-corrected chi connectivity index (χ2v) is 10.4. The van der Waals surface area contributed by atoms with E-state index < -0.39 is 15.9 Å². The second kappa shape index (κ2) is 9.32. The molecule has 0 atom stereocenters. The molecule has 1 aromatic heterocycles. The normalized spacial score (nSPS) is 15.1. The van der Waals surface area contributed by atoms with Gasteiger partial charge in [-0.05, 0) is 43.3 Å². The van der Waals surface area contributed by atoms with E-state index in [4.69, 9.17) is 21.1 Å². The van der Waals surface area contributed by atoms with E-state index in [1.54, 1.807) is 12.1 Å².